The number of carbonyl (C=O) groups is 2. The number of carbonyl (C=O) groups excluding carboxylic acids is 2. The predicted octanol–water partition coefficient (Wildman–Crippen LogP) is 3.08. The first-order valence-electron chi connectivity index (χ1n) is 7.44. The van der Waals surface area contributed by atoms with Crippen LogP contribution in [0.25, 0.3) is 0 Å². The third kappa shape index (κ3) is 8.61. The fourth-order valence-corrected chi connectivity index (χ4v) is 2.44. The Bertz CT molecular complexity index is 890. The second-order valence-electron chi connectivity index (χ2n) is 5.37. The van der Waals surface area contributed by atoms with Crippen LogP contribution in [0.1, 0.15) is 29.0 Å². The lowest BCUT2D eigenvalue weighted by molar-refractivity contribution is -0.104. The number of aldehydes is 1. The van der Waals surface area contributed by atoms with E-state index in [1.165, 1.54) is 12.1 Å². The standard InChI is InChI=1S/C15H15NO3S.C3H4ClNO.CH4/c1-11-3-6-13(10-16-11)15(17)9-12-4-7-14(8-5-12)20(2,18)19;4-3(1-5)2-6;/h3-8,10H,9H2,1-2H3;1-2H,5H2;1H4/b;3-1+;. The number of rotatable bonds is 5. The molecule has 2 N–H and O–H groups in total. The van der Waals surface area contributed by atoms with Crippen molar-refractivity contribution in [2.45, 2.75) is 25.7 Å². The fraction of sp³-hybridized carbons (Fsp3) is 0.211. The second-order valence-corrected chi connectivity index (χ2v) is 7.83. The largest absolute Gasteiger partial charge is 0.403 e. The van der Waals surface area contributed by atoms with E-state index in [0.717, 1.165) is 23.7 Å². The van der Waals surface area contributed by atoms with E-state index in [2.05, 4.69) is 4.98 Å². The van der Waals surface area contributed by atoms with E-state index < -0.39 is 9.84 Å². The number of nitrogens with zero attached hydrogens (tertiary/aromatic N) is 1. The third-order valence-corrected chi connectivity index (χ3v) is 4.56. The van der Waals surface area contributed by atoms with Crippen LogP contribution in [-0.2, 0) is 21.1 Å². The van der Waals surface area contributed by atoms with Gasteiger partial charge in [0.1, 0.15) is 0 Å². The van der Waals surface area contributed by atoms with E-state index in [0.29, 0.717) is 11.8 Å². The number of aryl methyl sites for hydroxylation is 1. The van der Waals surface area contributed by atoms with Crippen molar-refractivity contribution in [1.29, 1.82) is 0 Å². The number of benzene rings is 1. The molecule has 2 rings (SSSR count). The van der Waals surface area contributed by atoms with Crippen LogP contribution in [0.2, 0.25) is 0 Å². The lowest BCUT2D eigenvalue weighted by Crippen LogP contribution is -2.05. The van der Waals surface area contributed by atoms with Crippen molar-refractivity contribution < 1.29 is 18.0 Å². The Hall–Kier alpha value is -2.51. The molecule has 0 aliphatic carbocycles. The minimum Gasteiger partial charge on any atom is -0.403 e. The van der Waals surface area contributed by atoms with Crippen molar-refractivity contribution >= 4 is 33.5 Å². The van der Waals surface area contributed by atoms with Crippen LogP contribution in [0.15, 0.2) is 58.7 Å². The maximum Gasteiger partial charge on any atom is 0.175 e. The van der Waals surface area contributed by atoms with E-state index in [4.69, 9.17) is 17.3 Å². The number of pyridine rings is 1. The summed E-state index contributed by atoms with van der Waals surface area (Å²) in [6.07, 6.45) is 4.46. The van der Waals surface area contributed by atoms with Crippen LogP contribution in [0, 0.1) is 6.92 Å². The molecule has 0 radical (unpaired) electrons. The van der Waals surface area contributed by atoms with Crippen molar-refractivity contribution in [1.82, 2.24) is 4.98 Å². The first kappa shape index (κ1) is 24.5. The highest BCUT2D eigenvalue weighted by molar-refractivity contribution is 7.90. The number of halogens is 1. The highest BCUT2D eigenvalue weighted by Gasteiger charge is 2.10. The summed E-state index contributed by atoms with van der Waals surface area (Å²) in [4.78, 5) is 25.8. The molecule has 0 aliphatic heterocycles. The average molecular weight is 411 g/mol. The highest BCUT2D eigenvalue weighted by Crippen LogP contribution is 2.12. The summed E-state index contributed by atoms with van der Waals surface area (Å²) >= 11 is 5.02. The van der Waals surface area contributed by atoms with Gasteiger partial charge in [-0.2, -0.15) is 0 Å². The number of aromatic nitrogens is 1. The Balaban J connectivity index is 0.000000842. The molecule has 0 amide bonds. The predicted molar refractivity (Wildman–Crippen MR) is 107 cm³/mol. The number of hydrogen-bond donors (Lipinski definition) is 1. The van der Waals surface area contributed by atoms with Crippen molar-refractivity contribution in [3.63, 3.8) is 0 Å². The maximum absolute atomic E-state index is 12.0. The molecule has 1 aromatic carbocycles. The van der Waals surface area contributed by atoms with Gasteiger partial charge in [0.05, 0.1) is 9.93 Å². The summed E-state index contributed by atoms with van der Waals surface area (Å²) in [5, 5.41) is 0.0370. The topological polar surface area (TPSA) is 107 Å². The van der Waals surface area contributed by atoms with Gasteiger partial charge in [-0.3, -0.25) is 14.6 Å². The van der Waals surface area contributed by atoms with E-state index in [9.17, 15) is 18.0 Å². The molecular formula is C19H23ClN2O4S. The molecule has 8 heteroatoms. The van der Waals surface area contributed by atoms with Gasteiger partial charge in [0.15, 0.2) is 21.9 Å². The number of ketones is 1. The smallest absolute Gasteiger partial charge is 0.175 e. The van der Waals surface area contributed by atoms with Crippen LogP contribution >= 0.6 is 11.6 Å². The van der Waals surface area contributed by atoms with E-state index in [-0.39, 0.29) is 29.6 Å². The van der Waals surface area contributed by atoms with Crippen molar-refractivity contribution in [2.24, 2.45) is 5.73 Å². The normalized spacial score (nSPS) is 10.9. The minimum absolute atomic E-state index is 0. The Morgan fingerprint density at radius 2 is 1.78 bits per heavy atom. The molecule has 0 bridgehead atoms. The highest BCUT2D eigenvalue weighted by atomic mass is 35.5. The maximum atomic E-state index is 12.0. The fourth-order valence-electron chi connectivity index (χ4n) is 1.81. The molecule has 0 aliphatic rings. The summed E-state index contributed by atoms with van der Waals surface area (Å²) in [5.41, 5.74) is 6.96. The van der Waals surface area contributed by atoms with Crippen LogP contribution in [0.3, 0.4) is 0 Å². The van der Waals surface area contributed by atoms with Gasteiger partial charge in [0.2, 0.25) is 0 Å². The van der Waals surface area contributed by atoms with Gasteiger partial charge in [-0.15, -0.1) is 0 Å². The first-order valence-corrected chi connectivity index (χ1v) is 9.71. The van der Waals surface area contributed by atoms with Crippen LogP contribution in [-0.4, -0.2) is 31.7 Å². The Kier molecular flexibility index (Phi) is 10.2. The Morgan fingerprint density at radius 1 is 1.19 bits per heavy atom. The molecule has 0 spiro atoms. The SMILES string of the molecule is C.Cc1ccc(C(=O)Cc2ccc(S(C)(=O)=O)cc2)cn1.N/C=C(/Cl)C=O. The molecule has 146 valence electrons. The van der Waals surface area contributed by atoms with Gasteiger partial charge >= 0.3 is 0 Å². The van der Waals surface area contributed by atoms with Gasteiger partial charge in [-0.05, 0) is 36.8 Å². The van der Waals surface area contributed by atoms with E-state index in [1.54, 1.807) is 30.5 Å². The first-order chi connectivity index (χ1) is 12.2. The number of Topliss-reactive ketones (excluding diaryl/α,β-unsaturated/α-hetero) is 1. The van der Waals surface area contributed by atoms with Crippen LogP contribution < -0.4 is 5.73 Å². The van der Waals surface area contributed by atoms with Gasteiger partial charge < -0.3 is 5.73 Å². The molecule has 0 unspecified atom stereocenters. The number of sulfone groups is 1. The summed E-state index contributed by atoms with van der Waals surface area (Å²) < 4.78 is 22.7. The van der Waals surface area contributed by atoms with E-state index >= 15 is 0 Å². The molecule has 0 fully saturated rings. The zero-order chi connectivity index (χ0) is 19.7. The molecule has 2 aromatic rings. The lowest BCUT2D eigenvalue weighted by Gasteiger charge is -2.03. The van der Waals surface area contributed by atoms with Gasteiger partial charge in [-0.25, -0.2) is 8.42 Å². The molecule has 0 atom stereocenters. The van der Waals surface area contributed by atoms with Crippen LogP contribution in [0.5, 0.6) is 0 Å². The van der Waals surface area contributed by atoms with Gasteiger partial charge in [0, 0.05) is 36.3 Å². The number of hydrogen-bond acceptors (Lipinski definition) is 6. The number of nitrogens with two attached hydrogens (primary N) is 1. The zero-order valence-electron chi connectivity index (χ0n) is 14.3. The summed E-state index contributed by atoms with van der Waals surface area (Å²) in [7, 11) is -3.20. The van der Waals surface area contributed by atoms with Crippen LogP contribution in [0.4, 0.5) is 0 Å². The van der Waals surface area contributed by atoms with Crippen molar-refractivity contribution in [3.05, 3.63) is 70.6 Å². The molecule has 27 heavy (non-hydrogen) atoms. The lowest BCUT2D eigenvalue weighted by atomic mass is 10.0. The van der Waals surface area contributed by atoms with Gasteiger partial charge in [-0.1, -0.05) is 31.2 Å². The Labute approximate surface area is 165 Å². The second kappa shape index (κ2) is 11.3. The Morgan fingerprint density at radius 3 is 2.15 bits per heavy atom. The number of allylic oxidation sites excluding steroid dienone is 1. The molecule has 1 heterocycles. The molecule has 0 saturated heterocycles. The zero-order valence-corrected chi connectivity index (χ0v) is 15.9. The molecule has 0 saturated carbocycles. The summed E-state index contributed by atoms with van der Waals surface area (Å²) in [6, 6.07) is 9.90. The third-order valence-electron chi connectivity index (χ3n) is 3.22. The molecule has 6 nitrogen and oxygen atoms in total. The summed E-state index contributed by atoms with van der Waals surface area (Å²) in [6.45, 7) is 1.86. The molecular weight excluding hydrogens is 388 g/mol. The quantitative estimate of drug-likeness (QED) is 0.461. The monoisotopic (exact) mass is 410 g/mol. The van der Waals surface area contributed by atoms with Crippen molar-refractivity contribution in [3.8, 4) is 0 Å². The van der Waals surface area contributed by atoms with Gasteiger partial charge in [0.25, 0.3) is 0 Å². The van der Waals surface area contributed by atoms with Crippen molar-refractivity contribution in [2.75, 3.05) is 6.26 Å². The minimum atomic E-state index is -3.20. The summed E-state index contributed by atoms with van der Waals surface area (Å²) in [5.74, 6) is -0.0374. The molecule has 1 aromatic heterocycles. The average Bonchev–Trinajstić information content (AvgIpc) is 2.61. The van der Waals surface area contributed by atoms with E-state index in [1.807, 2.05) is 6.92 Å².